The van der Waals surface area contributed by atoms with Crippen molar-refractivity contribution in [2.45, 2.75) is 55.7 Å². The first-order chi connectivity index (χ1) is 14.0. The van der Waals surface area contributed by atoms with Crippen LogP contribution < -0.4 is 0 Å². The molecular formula is C23H25NO5. The standard InChI is InChI=1S/C23H25NO5/c24-11-17-8-7-16(23-22(28)21(27)20(26)19(12-25)29-23)10-18(17)9-13-1-3-14(4-2-13)15-5-6-15/h1-4,7-8,10,15,19-23,25-28H,5-6,9,12H2/t19?,20-,21?,22-,23+/m1/s1. The number of aliphatic hydroxyl groups excluding tert-OH is 4. The average Bonchev–Trinajstić information content (AvgIpc) is 3.58. The van der Waals surface area contributed by atoms with Gasteiger partial charge in [0.25, 0.3) is 0 Å². The lowest BCUT2D eigenvalue weighted by molar-refractivity contribution is -0.231. The third-order valence-corrected chi connectivity index (χ3v) is 5.89. The number of ether oxygens (including phenoxy) is 1. The van der Waals surface area contributed by atoms with Crippen LogP contribution in [0.15, 0.2) is 42.5 Å². The van der Waals surface area contributed by atoms with Crippen LogP contribution in [-0.4, -0.2) is 51.4 Å². The predicted octanol–water partition coefficient (Wildman–Crippen LogP) is 1.54. The molecule has 0 radical (unpaired) electrons. The van der Waals surface area contributed by atoms with Gasteiger partial charge in [0, 0.05) is 0 Å². The Morgan fingerprint density at radius 1 is 0.931 bits per heavy atom. The van der Waals surface area contributed by atoms with Gasteiger partial charge in [0.2, 0.25) is 0 Å². The van der Waals surface area contributed by atoms with Crippen LogP contribution in [0, 0.1) is 11.3 Å². The maximum atomic E-state index is 10.4. The molecular weight excluding hydrogens is 370 g/mol. The van der Waals surface area contributed by atoms with E-state index in [9.17, 15) is 25.7 Å². The van der Waals surface area contributed by atoms with E-state index in [4.69, 9.17) is 4.74 Å². The second kappa shape index (κ2) is 8.23. The fraction of sp³-hybridized carbons (Fsp3) is 0.435. The largest absolute Gasteiger partial charge is 0.394 e. The summed E-state index contributed by atoms with van der Waals surface area (Å²) in [4.78, 5) is 0. The number of nitriles is 1. The van der Waals surface area contributed by atoms with E-state index in [2.05, 4.69) is 30.3 Å². The van der Waals surface area contributed by atoms with Gasteiger partial charge in [-0.15, -0.1) is 0 Å². The Morgan fingerprint density at radius 3 is 2.24 bits per heavy atom. The van der Waals surface area contributed by atoms with E-state index < -0.39 is 37.1 Å². The quantitative estimate of drug-likeness (QED) is 0.611. The summed E-state index contributed by atoms with van der Waals surface area (Å²) in [5, 5.41) is 49.3. The minimum absolute atomic E-state index is 0.474. The molecule has 6 heteroatoms. The van der Waals surface area contributed by atoms with E-state index in [0.29, 0.717) is 23.5 Å². The first-order valence-corrected chi connectivity index (χ1v) is 9.94. The molecule has 2 aromatic carbocycles. The van der Waals surface area contributed by atoms with Crippen molar-refractivity contribution >= 4 is 0 Å². The highest BCUT2D eigenvalue weighted by Gasteiger charge is 2.44. The van der Waals surface area contributed by atoms with Crippen LogP contribution in [-0.2, 0) is 11.2 Å². The molecule has 0 amide bonds. The highest BCUT2D eigenvalue weighted by atomic mass is 16.5. The Balaban J connectivity index is 1.60. The van der Waals surface area contributed by atoms with E-state index in [0.717, 1.165) is 11.1 Å². The zero-order valence-corrected chi connectivity index (χ0v) is 16.0. The van der Waals surface area contributed by atoms with Gasteiger partial charge in [-0.3, -0.25) is 0 Å². The summed E-state index contributed by atoms with van der Waals surface area (Å²) in [7, 11) is 0. The topological polar surface area (TPSA) is 114 Å². The molecule has 4 N–H and O–H groups in total. The second-order valence-corrected chi connectivity index (χ2v) is 7.97. The number of aliphatic hydroxyl groups is 4. The molecule has 5 atom stereocenters. The molecule has 4 rings (SSSR count). The monoisotopic (exact) mass is 395 g/mol. The van der Waals surface area contributed by atoms with Crippen LogP contribution in [0.3, 0.4) is 0 Å². The first kappa shape index (κ1) is 20.0. The van der Waals surface area contributed by atoms with Crippen molar-refractivity contribution in [3.63, 3.8) is 0 Å². The molecule has 1 aliphatic heterocycles. The van der Waals surface area contributed by atoms with Crippen LogP contribution in [0.1, 0.15) is 52.7 Å². The van der Waals surface area contributed by atoms with E-state index >= 15 is 0 Å². The average molecular weight is 395 g/mol. The second-order valence-electron chi connectivity index (χ2n) is 7.97. The van der Waals surface area contributed by atoms with E-state index in [1.165, 1.54) is 18.4 Å². The van der Waals surface area contributed by atoms with Gasteiger partial charge in [-0.1, -0.05) is 36.4 Å². The molecule has 6 nitrogen and oxygen atoms in total. The van der Waals surface area contributed by atoms with Gasteiger partial charge in [0.05, 0.1) is 18.2 Å². The van der Waals surface area contributed by atoms with Crippen LogP contribution in [0.4, 0.5) is 0 Å². The molecule has 1 heterocycles. The molecule has 2 aromatic rings. The molecule has 2 fully saturated rings. The Labute approximate surface area is 169 Å². The maximum Gasteiger partial charge on any atom is 0.113 e. The molecule has 1 aliphatic carbocycles. The number of benzene rings is 2. The van der Waals surface area contributed by atoms with Crippen molar-refractivity contribution in [1.29, 1.82) is 5.26 Å². The molecule has 2 unspecified atom stereocenters. The highest BCUT2D eigenvalue weighted by Crippen LogP contribution is 2.40. The van der Waals surface area contributed by atoms with E-state index in [1.54, 1.807) is 18.2 Å². The fourth-order valence-corrected chi connectivity index (χ4v) is 3.97. The van der Waals surface area contributed by atoms with Crippen LogP contribution in [0.2, 0.25) is 0 Å². The Bertz CT molecular complexity index is 900. The van der Waals surface area contributed by atoms with Crippen molar-refractivity contribution in [1.82, 2.24) is 0 Å². The van der Waals surface area contributed by atoms with Gasteiger partial charge in [-0.25, -0.2) is 0 Å². The molecule has 0 bridgehead atoms. The zero-order chi connectivity index (χ0) is 20.5. The molecule has 1 saturated heterocycles. The van der Waals surface area contributed by atoms with Gasteiger partial charge in [-0.05, 0) is 53.5 Å². The SMILES string of the molecule is N#Cc1ccc([C@@H]2OC(CO)[C@@H](O)C(O)[C@H]2O)cc1Cc1ccc(C2CC2)cc1. The minimum atomic E-state index is -1.43. The first-order valence-electron chi connectivity index (χ1n) is 9.94. The summed E-state index contributed by atoms with van der Waals surface area (Å²) < 4.78 is 5.65. The summed E-state index contributed by atoms with van der Waals surface area (Å²) in [6.45, 7) is -0.474. The van der Waals surface area contributed by atoms with Gasteiger partial charge >= 0.3 is 0 Å². The fourth-order valence-electron chi connectivity index (χ4n) is 3.97. The van der Waals surface area contributed by atoms with Crippen molar-refractivity contribution in [2.75, 3.05) is 6.61 Å². The van der Waals surface area contributed by atoms with E-state index in [-0.39, 0.29) is 0 Å². The summed E-state index contributed by atoms with van der Waals surface area (Å²) in [5.74, 6) is 0.688. The van der Waals surface area contributed by atoms with Gasteiger partial charge in [0.1, 0.15) is 30.5 Å². The van der Waals surface area contributed by atoms with E-state index in [1.807, 2.05) is 0 Å². The predicted molar refractivity (Wildman–Crippen MR) is 105 cm³/mol. The number of rotatable bonds is 5. The number of hydrogen-bond acceptors (Lipinski definition) is 6. The van der Waals surface area contributed by atoms with Crippen molar-refractivity contribution in [3.05, 3.63) is 70.3 Å². The lowest BCUT2D eigenvalue weighted by atomic mass is 9.89. The Hall–Kier alpha value is -2.27. The smallest absolute Gasteiger partial charge is 0.113 e. The molecule has 152 valence electrons. The molecule has 1 saturated carbocycles. The summed E-state index contributed by atoms with van der Waals surface area (Å²) in [6, 6.07) is 15.8. The van der Waals surface area contributed by atoms with Crippen LogP contribution in [0.25, 0.3) is 0 Å². The van der Waals surface area contributed by atoms with Gasteiger partial charge in [-0.2, -0.15) is 5.26 Å². The molecule has 0 spiro atoms. The third-order valence-electron chi connectivity index (χ3n) is 5.89. The normalized spacial score (nSPS) is 29.4. The lowest BCUT2D eigenvalue weighted by Crippen LogP contribution is -2.55. The lowest BCUT2D eigenvalue weighted by Gasteiger charge is -2.40. The molecule has 2 aliphatic rings. The maximum absolute atomic E-state index is 10.4. The zero-order valence-electron chi connectivity index (χ0n) is 16.0. The highest BCUT2D eigenvalue weighted by molar-refractivity contribution is 5.44. The Morgan fingerprint density at radius 2 is 1.62 bits per heavy atom. The Kier molecular flexibility index (Phi) is 5.68. The van der Waals surface area contributed by atoms with Crippen LogP contribution in [0.5, 0.6) is 0 Å². The van der Waals surface area contributed by atoms with Crippen LogP contribution >= 0.6 is 0 Å². The molecule has 0 aromatic heterocycles. The summed E-state index contributed by atoms with van der Waals surface area (Å²) in [5.41, 5.74) is 4.34. The number of hydrogen-bond donors (Lipinski definition) is 4. The van der Waals surface area contributed by atoms with Gasteiger partial charge < -0.3 is 25.2 Å². The number of nitrogens with zero attached hydrogens (tertiary/aromatic N) is 1. The third kappa shape index (κ3) is 4.06. The summed E-state index contributed by atoms with van der Waals surface area (Å²) >= 11 is 0. The molecule has 29 heavy (non-hydrogen) atoms. The van der Waals surface area contributed by atoms with Crippen molar-refractivity contribution < 1.29 is 25.2 Å². The van der Waals surface area contributed by atoms with Gasteiger partial charge in [0.15, 0.2) is 0 Å². The van der Waals surface area contributed by atoms with Crippen molar-refractivity contribution in [3.8, 4) is 6.07 Å². The summed E-state index contributed by atoms with van der Waals surface area (Å²) in [6.07, 6.45) is -2.99. The van der Waals surface area contributed by atoms with Crippen molar-refractivity contribution in [2.24, 2.45) is 0 Å². The minimum Gasteiger partial charge on any atom is -0.394 e.